The van der Waals surface area contributed by atoms with E-state index in [0.29, 0.717) is 12.1 Å². The fourth-order valence-corrected chi connectivity index (χ4v) is 5.51. The SMILES string of the molecule is CC(=O)N(CC(=O)Nc1ccc(N2CCCCC2)cc1)C1CCS(=O)(=O)C1. The summed E-state index contributed by atoms with van der Waals surface area (Å²) in [7, 11) is -3.11. The van der Waals surface area contributed by atoms with E-state index in [1.807, 2.05) is 24.3 Å². The van der Waals surface area contributed by atoms with Crippen molar-refractivity contribution in [1.29, 1.82) is 0 Å². The minimum absolute atomic E-state index is 0.0651. The third-order valence-electron chi connectivity index (χ3n) is 5.24. The normalized spacial score (nSPS) is 21.7. The number of nitrogens with one attached hydrogen (secondary N) is 1. The van der Waals surface area contributed by atoms with E-state index in [1.165, 1.54) is 31.1 Å². The number of anilines is 2. The molecule has 1 aromatic rings. The van der Waals surface area contributed by atoms with Gasteiger partial charge in [0, 0.05) is 37.4 Å². The molecule has 0 aromatic heterocycles. The first-order valence-electron chi connectivity index (χ1n) is 9.46. The first kappa shape index (κ1) is 19.7. The largest absolute Gasteiger partial charge is 0.372 e. The number of piperidine rings is 1. The molecule has 3 rings (SSSR count). The number of amides is 2. The molecule has 0 radical (unpaired) electrons. The molecule has 0 bridgehead atoms. The van der Waals surface area contributed by atoms with Gasteiger partial charge in [-0.2, -0.15) is 0 Å². The van der Waals surface area contributed by atoms with E-state index < -0.39 is 15.9 Å². The standard InChI is InChI=1S/C19H27N3O4S/c1-15(23)22(18-9-12-27(25,26)14-18)13-19(24)20-16-5-7-17(8-6-16)21-10-3-2-4-11-21/h5-8,18H,2-4,9-14H2,1H3,(H,20,24). The summed E-state index contributed by atoms with van der Waals surface area (Å²) in [6.07, 6.45) is 4.08. The van der Waals surface area contributed by atoms with Crippen LogP contribution in [0.2, 0.25) is 0 Å². The third kappa shape index (κ3) is 5.22. The molecule has 8 heteroatoms. The van der Waals surface area contributed by atoms with Crippen molar-refractivity contribution < 1.29 is 18.0 Å². The van der Waals surface area contributed by atoms with Crippen LogP contribution in [0.1, 0.15) is 32.6 Å². The first-order valence-corrected chi connectivity index (χ1v) is 11.3. The summed E-state index contributed by atoms with van der Waals surface area (Å²) in [5, 5.41) is 2.80. The van der Waals surface area contributed by atoms with E-state index in [-0.39, 0.29) is 29.9 Å². The van der Waals surface area contributed by atoms with Crippen molar-refractivity contribution in [3.8, 4) is 0 Å². The van der Waals surface area contributed by atoms with Crippen molar-refractivity contribution in [1.82, 2.24) is 4.90 Å². The maximum absolute atomic E-state index is 12.4. The molecular formula is C19H27N3O4S. The van der Waals surface area contributed by atoms with Crippen molar-refractivity contribution in [3.05, 3.63) is 24.3 Å². The molecule has 2 aliphatic rings. The van der Waals surface area contributed by atoms with Gasteiger partial charge in [0.25, 0.3) is 0 Å². The minimum atomic E-state index is -3.11. The van der Waals surface area contributed by atoms with Crippen molar-refractivity contribution in [2.45, 2.75) is 38.6 Å². The lowest BCUT2D eigenvalue weighted by molar-refractivity contribution is -0.134. The Bertz CT molecular complexity index is 786. The molecule has 2 aliphatic heterocycles. The van der Waals surface area contributed by atoms with Crippen LogP contribution in [0.5, 0.6) is 0 Å². The van der Waals surface area contributed by atoms with Gasteiger partial charge >= 0.3 is 0 Å². The predicted octanol–water partition coefficient (Wildman–Crippen LogP) is 1.65. The van der Waals surface area contributed by atoms with E-state index >= 15 is 0 Å². The van der Waals surface area contributed by atoms with Gasteiger partial charge in [-0.05, 0) is 49.9 Å². The Labute approximate surface area is 160 Å². The molecule has 2 amide bonds. The Morgan fingerprint density at radius 1 is 1.15 bits per heavy atom. The van der Waals surface area contributed by atoms with Crippen molar-refractivity contribution >= 4 is 33.0 Å². The molecule has 2 heterocycles. The monoisotopic (exact) mass is 393 g/mol. The Morgan fingerprint density at radius 3 is 2.37 bits per heavy atom. The molecule has 148 valence electrons. The Morgan fingerprint density at radius 2 is 1.81 bits per heavy atom. The summed E-state index contributed by atoms with van der Waals surface area (Å²) in [5.41, 5.74) is 1.82. The summed E-state index contributed by atoms with van der Waals surface area (Å²) >= 11 is 0. The van der Waals surface area contributed by atoms with Crippen LogP contribution in [-0.4, -0.2) is 62.3 Å². The molecule has 2 fully saturated rings. The summed E-state index contributed by atoms with van der Waals surface area (Å²) < 4.78 is 23.3. The maximum Gasteiger partial charge on any atom is 0.244 e. The van der Waals surface area contributed by atoms with Gasteiger partial charge in [-0.15, -0.1) is 0 Å². The molecule has 1 aromatic carbocycles. The fourth-order valence-electron chi connectivity index (χ4n) is 3.78. The number of sulfone groups is 1. The molecular weight excluding hydrogens is 366 g/mol. The maximum atomic E-state index is 12.4. The van der Waals surface area contributed by atoms with Crippen LogP contribution in [0.15, 0.2) is 24.3 Å². The third-order valence-corrected chi connectivity index (χ3v) is 6.99. The lowest BCUT2D eigenvalue weighted by atomic mass is 10.1. The summed E-state index contributed by atoms with van der Waals surface area (Å²) in [4.78, 5) is 28.0. The summed E-state index contributed by atoms with van der Waals surface area (Å²) in [6, 6.07) is 7.29. The molecule has 1 unspecified atom stereocenters. The van der Waals surface area contributed by atoms with Crippen LogP contribution < -0.4 is 10.2 Å². The second-order valence-corrected chi connectivity index (χ2v) is 9.58. The van der Waals surface area contributed by atoms with Crippen LogP contribution in [0.4, 0.5) is 11.4 Å². The van der Waals surface area contributed by atoms with Crippen LogP contribution in [0.25, 0.3) is 0 Å². The van der Waals surface area contributed by atoms with Crippen LogP contribution in [-0.2, 0) is 19.4 Å². The van der Waals surface area contributed by atoms with Crippen molar-refractivity contribution in [2.75, 3.05) is 41.4 Å². The molecule has 27 heavy (non-hydrogen) atoms. The Balaban J connectivity index is 1.58. The van der Waals surface area contributed by atoms with Gasteiger partial charge in [0.15, 0.2) is 9.84 Å². The highest BCUT2D eigenvalue weighted by molar-refractivity contribution is 7.91. The smallest absolute Gasteiger partial charge is 0.244 e. The van der Waals surface area contributed by atoms with E-state index in [4.69, 9.17) is 0 Å². The van der Waals surface area contributed by atoms with Crippen LogP contribution in [0.3, 0.4) is 0 Å². The van der Waals surface area contributed by atoms with Crippen molar-refractivity contribution in [3.63, 3.8) is 0 Å². The fraction of sp³-hybridized carbons (Fsp3) is 0.579. The van der Waals surface area contributed by atoms with Gasteiger partial charge < -0.3 is 15.1 Å². The lowest BCUT2D eigenvalue weighted by Crippen LogP contribution is -2.44. The first-order chi connectivity index (χ1) is 12.8. The second-order valence-electron chi connectivity index (χ2n) is 7.35. The molecule has 2 saturated heterocycles. The van der Waals surface area contributed by atoms with Gasteiger partial charge in [-0.25, -0.2) is 8.42 Å². The number of benzene rings is 1. The quantitative estimate of drug-likeness (QED) is 0.822. The molecule has 7 nitrogen and oxygen atoms in total. The zero-order chi connectivity index (χ0) is 19.4. The molecule has 0 aliphatic carbocycles. The van der Waals surface area contributed by atoms with E-state index in [9.17, 15) is 18.0 Å². The highest BCUT2D eigenvalue weighted by Gasteiger charge is 2.34. The molecule has 0 saturated carbocycles. The van der Waals surface area contributed by atoms with Gasteiger partial charge in [0.2, 0.25) is 11.8 Å². The number of carbonyl (C=O) groups excluding carboxylic acids is 2. The minimum Gasteiger partial charge on any atom is -0.372 e. The number of nitrogens with zero attached hydrogens (tertiary/aromatic N) is 2. The second kappa shape index (κ2) is 8.29. The number of hydrogen-bond acceptors (Lipinski definition) is 5. The van der Waals surface area contributed by atoms with Gasteiger partial charge in [-0.3, -0.25) is 9.59 Å². The predicted molar refractivity (Wildman–Crippen MR) is 106 cm³/mol. The highest BCUT2D eigenvalue weighted by Crippen LogP contribution is 2.22. The lowest BCUT2D eigenvalue weighted by Gasteiger charge is -2.29. The van der Waals surface area contributed by atoms with E-state index in [2.05, 4.69) is 10.2 Å². The Kier molecular flexibility index (Phi) is 6.04. The molecule has 1 N–H and O–H groups in total. The number of hydrogen-bond donors (Lipinski definition) is 1. The zero-order valence-corrected chi connectivity index (χ0v) is 16.5. The van der Waals surface area contributed by atoms with E-state index in [0.717, 1.165) is 18.8 Å². The van der Waals surface area contributed by atoms with Gasteiger partial charge in [-0.1, -0.05) is 0 Å². The molecule has 1 atom stereocenters. The van der Waals surface area contributed by atoms with Gasteiger partial charge in [0.05, 0.1) is 11.5 Å². The summed E-state index contributed by atoms with van der Waals surface area (Å²) in [5.74, 6) is -0.598. The topological polar surface area (TPSA) is 86.8 Å². The summed E-state index contributed by atoms with van der Waals surface area (Å²) in [6.45, 7) is 3.35. The van der Waals surface area contributed by atoms with Gasteiger partial charge in [0.1, 0.15) is 6.54 Å². The number of carbonyl (C=O) groups is 2. The van der Waals surface area contributed by atoms with E-state index in [1.54, 1.807) is 0 Å². The zero-order valence-electron chi connectivity index (χ0n) is 15.7. The number of rotatable bonds is 5. The van der Waals surface area contributed by atoms with Crippen molar-refractivity contribution in [2.24, 2.45) is 0 Å². The average molecular weight is 394 g/mol. The molecule has 0 spiro atoms. The van der Waals surface area contributed by atoms with Crippen LogP contribution >= 0.6 is 0 Å². The highest BCUT2D eigenvalue weighted by atomic mass is 32.2. The average Bonchev–Trinajstić information content (AvgIpc) is 3.00. The Hall–Kier alpha value is -2.09. The van der Waals surface area contributed by atoms with Crippen LogP contribution in [0, 0.1) is 0 Å².